The van der Waals surface area contributed by atoms with Gasteiger partial charge in [0.1, 0.15) is 0 Å². The molecule has 0 aliphatic heterocycles. The SMILES string of the molecule is CCOC(=O)/C(CC)=C(/C)C(=O)OC. The molecule has 0 unspecified atom stereocenters. The Morgan fingerprint density at radius 2 is 1.71 bits per heavy atom. The maximum absolute atomic E-state index is 11.3. The molecule has 0 saturated heterocycles. The molecule has 0 spiro atoms. The third kappa shape index (κ3) is 3.20. The molecule has 0 aliphatic rings. The zero-order valence-electron chi connectivity index (χ0n) is 9.05. The van der Waals surface area contributed by atoms with Crippen LogP contribution in [0.1, 0.15) is 27.2 Å². The molecule has 0 fully saturated rings. The largest absolute Gasteiger partial charge is 0.466 e. The third-order valence-electron chi connectivity index (χ3n) is 1.82. The molecule has 0 rings (SSSR count). The van der Waals surface area contributed by atoms with Gasteiger partial charge in [0.15, 0.2) is 0 Å². The molecule has 0 radical (unpaired) electrons. The van der Waals surface area contributed by atoms with Crippen LogP contribution in [-0.2, 0) is 19.1 Å². The van der Waals surface area contributed by atoms with E-state index in [1.54, 1.807) is 20.8 Å². The summed E-state index contributed by atoms with van der Waals surface area (Å²) in [6, 6.07) is 0. The van der Waals surface area contributed by atoms with Crippen LogP contribution in [0.3, 0.4) is 0 Å². The van der Waals surface area contributed by atoms with E-state index < -0.39 is 11.9 Å². The van der Waals surface area contributed by atoms with Crippen LogP contribution in [0.5, 0.6) is 0 Å². The minimum Gasteiger partial charge on any atom is -0.466 e. The first-order valence-corrected chi connectivity index (χ1v) is 4.53. The van der Waals surface area contributed by atoms with Gasteiger partial charge in [-0.15, -0.1) is 0 Å². The van der Waals surface area contributed by atoms with E-state index >= 15 is 0 Å². The van der Waals surface area contributed by atoms with Gasteiger partial charge in [-0.05, 0) is 20.3 Å². The summed E-state index contributed by atoms with van der Waals surface area (Å²) in [5, 5.41) is 0. The van der Waals surface area contributed by atoms with E-state index in [1.807, 2.05) is 0 Å². The van der Waals surface area contributed by atoms with Crippen LogP contribution in [0.25, 0.3) is 0 Å². The van der Waals surface area contributed by atoms with Gasteiger partial charge < -0.3 is 9.47 Å². The quantitative estimate of drug-likeness (QED) is 0.509. The van der Waals surface area contributed by atoms with Gasteiger partial charge in [-0.2, -0.15) is 0 Å². The lowest BCUT2D eigenvalue weighted by atomic mass is 10.1. The zero-order valence-corrected chi connectivity index (χ0v) is 9.05. The normalized spacial score (nSPS) is 11.7. The molecule has 4 heteroatoms. The van der Waals surface area contributed by atoms with Crippen molar-refractivity contribution in [1.82, 2.24) is 0 Å². The minimum absolute atomic E-state index is 0.302. The maximum Gasteiger partial charge on any atom is 0.334 e. The Hall–Kier alpha value is -1.32. The fraction of sp³-hybridized carbons (Fsp3) is 0.600. The highest BCUT2D eigenvalue weighted by molar-refractivity contribution is 5.99. The monoisotopic (exact) mass is 200 g/mol. The van der Waals surface area contributed by atoms with Crippen molar-refractivity contribution in [1.29, 1.82) is 0 Å². The molecule has 0 aromatic rings. The Kier molecular flexibility index (Phi) is 5.60. The lowest BCUT2D eigenvalue weighted by Gasteiger charge is -2.07. The van der Waals surface area contributed by atoms with Gasteiger partial charge in [0, 0.05) is 11.1 Å². The van der Waals surface area contributed by atoms with E-state index in [4.69, 9.17) is 4.74 Å². The molecule has 14 heavy (non-hydrogen) atoms. The van der Waals surface area contributed by atoms with Crippen molar-refractivity contribution >= 4 is 11.9 Å². The molecule has 0 N–H and O–H groups in total. The molecule has 0 atom stereocenters. The molecule has 0 aromatic heterocycles. The first-order chi connectivity index (χ1) is 6.58. The van der Waals surface area contributed by atoms with Crippen LogP contribution in [-0.4, -0.2) is 25.7 Å². The summed E-state index contributed by atoms with van der Waals surface area (Å²) in [4.78, 5) is 22.5. The Labute approximate surface area is 83.9 Å². The second-order valence-electron chi connectivity index (χ2n) is 2.67. The van der Waals surface area contributed by atoms with Gasteiger partial charge in [-0.3, -0.25) is 0 Å². The predicted octanol–water partition coefficient (Wildman–Crippen LogP) is 1.45. The average molecular weight is 200 g/mol. The predicted molar refractivity (Wildman–Crippen MR) is 51.6 cm³/mol. The van der Waals surface area contributed by atoms with Crippen LogP contribution in [0.15, 0.2) is 11.1 Å². The van der Waals surface area contributed by atoms with E-state index in [0.717, 1.165) is 0 Å². The van der Waals surface area contributed by atoms with Gasteiger partial charge >= 0.3 is 11.9 Å². The van der Waals surface area contributed by atoms with Gasteiger partial charge in [0.05, 0.1) is 13.7 Å². The second-order valence-corrected chi connectivity index (χ2v) is 2.67. The molecular formula is C10H16O4. The van der Waals surface area contributed by atoms with Crippen molar-refractivity contribution in [3.05, 3.63) is 11.1 Å². The smallest absolute Gasteiger partial charge is 0.334 e. The Bertz CT molecular complexity index is 253. The summed E-state index contributed by atoms with van der Waals surface area (Å²) in [5.74, 6) is -0.937. The number of esters is 2. The highest BCUT2D eigenvalue weighted by Crippen LogP contribution is 2.11. The van der Waals surface area contributed by atoms with E-state index in [-0.39, 0.29) is 0 Å². The van der Waals surface area contributed by atoms with Crippen LogP contribution in [0.2, 0.25) is 0 Å². The number of ether oxygens (including phenoxy) is 2. The molecule has 0 aliphatic carbocycles. The molecule has 0 heterocycles. The van der Waals surface area contributed by atoms with Crippen molar-refractivity contribution in [2.75, 3.05) is 13.7 Å². The number of hydrogen-bond acceptors (Lipinski definition) is 4. The molecule has 80 valence electrons. The van der Waals surface area contributed by atoms with Crippen molar-refractivity contribution in [3.8, 4) is 0 Å². The number of carbonyl (C=O) groups excluding carboxylic acids is 2. The molecule has 4 nitrogen and oxygen atoms in total. The summed E-state index contributed by atoms with van der Waals surface area (Å²) in [6.45, 7) is 5.37. The topological polar surface area (TPSA) is 52.6 Å². The van der Waals surface area contributed by atoms with Crippen molar-refractivity contribution < 1.29 is 19.1 Å². The van der Waals surface area contributed by atoms with E-state index in [9.17, 15) is 9.59 Å². The first-order valence-electron chi connectivity index (χ1n) is 4.53. The Balaban J connectivity index is 4.83. The summed E-state index contributed by atoms with van der Waals surface area (Å²) < 4.78 is 9.32. The summed E-state index contributed by atoms with van der Waals surface area (Å²) in [5.41, 5.74) is 0.687. The van der Waals surface area contributed by atoms with Crippen LogP contribution < -0.4 is 0 Å². The van der Waals surface area contributed by atoms with Gasteiger partial charge in [-0.1, -0.05) is 6.92 Å². The van der Waals surface area contributed by atoms with Crippen LogP contribution >= 0.6 is 0 Å². The van der Waals surface area contributed by atoms with Crippen LogP contribution in [0, 0.1) is 0 Å². The Morgan fingerprint density at radius 1 is 1.14 bits per heavy atom. The van der Waals surface area contributed by atoms with Gasteiger partial charge in [0.2, 0.25) is 0 Å². The third-order valence-corrected chi connectivity index (χ3v) is 1.82. The number of carbonyl (C=O) groups is 2. The van der Waals surface area contributed by atoms with Gasteiger partial charge in [0.25, 0.3) is 0 Å². The van der Waals surface area contributed by atoms with E-state index in [2.05, 4.69) is 4.74 Å². The molecule has 0 aromatic carbocycles. The zero-order chi connectivity index (χ0) is 11.1. The first kappa shape index (κ1) is 12.7. The summed E-state index contributed by atoms with van der Waals surface area (Å²) >= 11 is 0. The number of hydrogen-bond donors (Lipinski definition) is 0. The highest BCUT2D eigenvalue weighted by atomic mass is 16.5. The van der Waals surface area contributed by atoms with E-state index in [1.165, 1.54) is 7.11 Å². The van der Waals surface area contributed by atoms with Crippen LogP contribution in [0.4, 0.5) is 0 Å². The Morgan fingerprint density at radius 3 is 2.07 bits per heavy atom. The average Bonchev–Trinajstić information content (AvgIpc) is 2.18. The number of methoxy groups -OCH3 is 1. The highest BCUT2D eigenvalue weighted by Gasteiger charge is 2.16. The van der Waals surface area contributed by atoms with Gasteiger partial charge in [-0.25, -0.2) is 9.59 Å². The fourth-order valence-corrected chi connectivity index (χ4v) is 1.06. The van der Waals surface area contributed by atoms with Crippen molar-refractivity contribution in [2.45, 2.75) is 27.2 Å². The second kappa shape index (κ2) is 6.18. The molecule has 0 amide bonds. The van der Waals surface area contributed by atoms with Crippen molar-refractivity contribution in [3.63, 3.8) is 0 Å². The molecule has 0 saturated carbocycles. The summed E-state index contributed by atoms with van der Waals surface area (Å²) in [6.07, 6.45) is 0.458. The minimum atomic E-state index is -0.491. The fourth-order valence-electron chi connectivity index (χ4n) is 1.06. The molecule has 0 bridgehead atoms. The lowest BCUT2D eigenvalue weighted by Crippen LogP contribution is -2.13. The van der Waals surface area contributed by atoms with Crippen molar-refractivity contribution in [2.24, 2.45) is 0 Å². The maximum atomic E-state index is 11.3. The standard InChI is InChI=1S/C10H16O4/c1-5-8(10(12)14-6-2)7(3)9(11)13-4/h5-6H2,1-4H3/b8-7-. The van der Waals surface area contributed by atoms with E-state index in [0.29, 0.717) is 24.2 Å². The summed E-state index contributed by atoms with van der Waals surface area (Å²) in [7, 11) is 1.28. The molecular weight excluding hydrogens is 184 g/mol. The number of rotatable bonds is 4. The lowest BCUT2D eigenvalue weighted by molar-refractivity contribution is -0.140.